The molecule has 2 aliphatic rings. The van der Waals surface area contributed by atoms with Gasteiger partial charge in [-0.2, -0.15) is 0 Å². The standard InChI is InChI=1S/C20H30O5/c1-7-24-20(5)9-8-15(13(3)19(22)23-6)16-10-12(2)18(11-17(16)20)25-14(4)21/h10,15-18H,3,7-9,11H2,1-2,4-6H3. The van der Waals surface area contributed by atoms with E-state index in [1.54, 1.807) is 0 Å². The Kier molecular flexibility index (Phi) is 6.09. The Hall–Kier alpha value is -1.62. The molecule has 1 fully saturated rings. The predicted octanol–water partition coefficient (Wildman–Crippen LogP) is 3.43. The molecule has 2 rings (SSSR count). The molecule has 0 aromatic heterocycles. The fraction of sp³-hybridized carbons (Fsp3) is 0.700. The SMILES string of the molecule is C=C(C(=O)OC)C1CCC(C)(OCC)C2CC(OC(C)=O)C(C)=CC12. The number of rotatable bonds is 5. The van der Waals surface area contributed by atoms with E-state index in [2.05, 4.69) is 19.6 Å². The van der Waals surface area contributed by atoms with Crippen molar-refractivity contribution in [2.24, 2.45) is 17.8 Å². The van der Waals surface area contributed by atoms with Crippen LogP contribution in [0.3, 0.4) is 0 Å². The van der Waals surface area contributed by atoms with Crippen molar-refractivity contribution in [1.82, 2.24) is 0 Å². The molecular formula is C20H30O5. The number of ether oxygens (including phenoxy) is 3. The highest BCUT2D eigenvalue weighted by Crippen LogP contribution is 2.51. The molecule has 5 atom stereocenters. The summed E-state index contributed by atoms with van der Waals surface area (Å²) >= 11 is 0. The molecule has 0 N–H and O–H groups in total. The van der Waals surface area contributed by atoms with Crippen molar-refractivity contribution >= 4 is 11.9 Å². The molecule has 0 bridgehead atoms. The summed E-state index contributed by atoms with van der Waals surface area (Å²) < 4.78 is 16.5. The van der Waals surface area contributed by atoms with Crippen LogP contribution in [0.4, 0.5) is 0 Å². The number of allylic oxidation sites excluding steroid dienone is 1. The molecule has 0 aromatic rings. The second kappa shape index (κ2) is 7.73. The number of fused-ring (bicyclic) bond motifs is 1. The lowest BCUT2D eigenvalue weighted by molar-refractivity contribution is -0.154. The van der Waals surface area contributed by atoms with E-state index >= 15 is 0 Å². The zero-order valence-corrected chi connectivity index (χ0v) is 16.0. The first-order chi connectivity index (χ1) is 11.7. The summed E-state index contributed by atoms with van der Waals surface area (Å²) in [6, 6.07) is 0. The maximum absolute atomic E-state index is 12.0. The summed E-state index contributed by atoms with van der Waals surface area (Å²) in [6.07, 6.45) is 4.28. The first-order valence-electron chi connectivity index (χ1n) is 9.00. The van der Waals surface area contributed by atoms with Crippen LogP contribution in [0.25, 0.3) is 0 Å². The van der Waals surface area contributed by atoms with Gasteiger partial charge in [0.1, 0.15) is 6.10 Å². The van der Waals surface area contributed by atoms with E-state index in [-0.39, 0.29) is 41.4 Å². The maximum Gasteiger partial charge on any atom is 0.333 e. The van der Waals surface area contributed by atoms with Crippen molar-refractivity contribution in [3.8, 4) is 0 Å². The second-order valence-electron chi connectivity index (χ2n) is 7.34. The van der Waals surface area contributed by atoms with E-state index in [0.717, 1.165) is 18.4 Å². The Bertz CT molecular complexity index is 579. The molecule has 0 spiro atoms. The fourth-order valence-corrected chi connectivity index (χ4v) is 4.51. The topological polar surface area (TPSA) is 61.8 Å². The summed E-state index contributed by atoms with van der Waals surface area (Å²) in [6.45, 7) is 12.2. The lowest BCUT2D eigenvalue weighted by Crippen LogP contribution is -2.51. The van der Waals surface area contributed by atoms with Gasteiger partial charge in [0.05, 0.1) is 12.7 Å². The number of carbonyl (C=O) groups excluding carboxylic acids is 2. The third-order valence-corrected chi connectivity index (χ3v) is 5.77. The molecule has 140 valence electrons. The minimum Gasteiger partial charge on any atom is -0.466 e. The molecule has 0 aliphatic heterocycles. The molecule has 5 nitrogen and oxygen atoms in total. The van der Waals surface area contributed by atoms with Crippen molar-refractivity contribution in [3.05, 3.63) is 23.8 Å². The molecule has 0 heterocycles. The first kappa shape index (κ1) is 19.7. The first-order valence-corrected chi connectivity index (χ1v) is 9.00. The highest BCUT2D eigenvalue weighted by molar-refractivity contribution is 5.88. The number of esters is 2. The van der Waals surface area contributed by atoms with Crippen LogP contribution < -0.4 is 0 Å². The fourth-order valence-electron chi connectivity index (χ4n) is 4.51. The van der Waals surface area contributed by atoms with Gasteiger partial charge in [-0.1, -0.05) is 12.7 Å². The molecule has 5 unspecified atom stereocenters. The van der Waals surface area contributed by atoms with E-state index in [9.17, 15) is 9.59 Å². The van der Waals surface area contributed by atoms with Crippen molar-refractivity contribution in [2.75, 3.05) is 13.7 Å². The minimum absolute atomic E-state index is 0.0270. The Balaban J connectivity index is 2.37. The summed E-state index contributed by atoms with van der Waals surface area (Å²) in [7, 11) is 1.39. The number of hydrogen-bond donors (Lipinski definition) is 0. The Morgan fingerprint density at radius 1 is 1.40 bits per heavy atom. The molecule has 25 heavy (non-hydrogen) atoms. The lowest BCUT2D eigenvalue weighted by Gasteiger charge is -2.51. The Morgan fingerprint density at radius 2 is 2.08 bits per heavy atom. The Labute approximate surface area is 150 Å². The molecule has 0 radical (unpaired) electrons. The normalized spacial score (nSPS) is 34.5. The molecule has 0 aromatic carbocycles. The third kappa shape index (κ3) is 3.97. The molecular weight excluding hydrogens is 320 g/mol. The number of hydrogen-bond acceptors (Lipinski definition) is 5. The van der Waals surface area contributed by atoms with Gasteiger partial charge < -0.3 is 14.2 Å². The van der Waals surface area contributed by atoms with Gasteiger partial charge in [-0.15, -0.1) is 0 Å². The van der Waals surface area contributed by atoms with E-state index in [1.807, 2.05) is 13.8 Å². The monoisotopic (exact) mass is 350 g/mol. The summed E-state index contributed by atoms with van der Waals surface area (Å²) in [5.74, 6) is -0.318. The van der Waals surface area contributed by atoms with Gasteiger partial charge in [0.2, 0.25) is 0 Å². The van der Waals surface area contributed by atoms with Crippen LogP contribution in [0.15, 0.2) is 23.8 Å². The average Bonchev–Trinajstić information content (AvgIpc) is 2.55. The summed E-state index contributed by atoms with van der Waals surface area (Å²) in [5, 5.41) is 0. The predicted molar refractivity (Wildman–Crippen MR) is 94.8 cm³/mol. The lowest BCUT2D eigenvalue weighted by atomic mass is 9.58. The van der Waals surface area contributed by atoms with Crippen LogP contribution in [-0.2, 0) is 23.8 Å². The highest BCUT2D eigenvalue weighted by Gasteiger charge is 2.50. The van der Waals surface area contributed by atoms with Crippen molar-refractivity contribution < 1.29 is 23.8 Å². The number of carbonyl (C=O) groups is 2. The van der Waals surface area contributed by atoms with Crippen LogP contribution in [-0.4, -0.2) is 37.4 Å². The zero-order valence-electron chi connectivity index (χ0n) is 16.0. The average molecular weight is 350 g/mol. The minimum atomic E-state index is -0.350. The van der Waals surface area contributed by atoms with Gasteiger partial charge >= 0.3 is 11.9 Å². The summed E-state index contributed by atoms with van der Waals surface area (Å²) in [5.41, 5.74) is 1.24. The van der Waals surface area contributed by atoms with Crippen LogP contribution in [0, 0.1) is 17.8 Å². The van der Waals surface area contributed by atoms with E-state index in [4.69, 9.17) is 14.2 Å². The van der Waals surface area contributed by atoms with Crippen molar-refractivity contribution in [1.29, 1.82) is 0 Å². The van der Waals surface area contributed by atoms with Crippen LogP contribution >= 0.6 is 0 Å². The molecule has 0 amide bonds. The quantitative estimate of drug-likeness (QED) is 0.432. The molecule has 1 saturated carbocycles. The largest absolute Gasteiger partial charge is 0.466 e. The van der Waals surface area contributed by atoms with Gasteiger partial charge in [0.25, 0.3) is 0 Å². The van der Waals surface area contributed by atoms with Gasteiger partial charge in [0.15, 0.2) is 0 Å². The van der Waals surface area contributed by atoms with Crippen molar-refractivity contribution in [2.45, 2.75) is 58.7 Å². The zero-order chi connectivity index (χ0) is 18.8. The van der Waals surface area contributed by atoms with Gasteiger partial charge in [-0.25, -0.2) is 4.79 Å². The second-order valence-corrected chi connectivity index (χ2v) is 7.34. The van der Waals surface area contributed by atoms with Gasteiger partial charge in [-0.05, 0) is 63.4 Å². The van der Waals surface area contributed by atoms with Gasteiger partial charge in [0, 0.05) is 19.1 Å². The van der Waals surface area contributed by atoms with E-state index in [1.165, 1.54) is 14.0 Å². The highest BCUT2D eigenvalue weighted by atomic mass is 16.5. The maximum atomic E-state index is 12.0. The molecule has 2 aliphatic carbocycles. The van der Waals surface area contributed by atoms with Crippen LogP contribution in [0.1, 0.15) is 47.0 Å². The summed E-state index contributed by atoms with van der Waals surface area (Å²) in [4.78, 5) is 23.5. The van der Waals surface area contributed by atoms with Crippen molar-refractivity contribution in [3.63, 3.8) is 0 Å². The number of methoxy groups -OCH3 is 1. The third-order valence-electron chi connectivity index (χ3n) is 5.77. The molecule has 0 saturated heterocycles. The van der Waals surface area contributed by atoms with Gasteiger partial charge in [-0.3, -0.25) is 4.79 Å². The van der Waals surface area contributed by atoms with E-state index in [0.29, 0.717) is 18.6 Å². The smallest absolute Gasteiger partial charge is 0.333 e. The van der Waals surface area contributed by atoms with E-state index < -0.39 is 0 Å². The molecule has 5 heteroatoms. The van der Waals surface area contributed by atoms with Crippen LogP contribution in [0.5, 0.6) is 0 Å². The Morgan fingerprint density at radius 3 is 2.64 bits per heavy atom. The van der Waals surface area contributed by atoms with Crippen LogP contribution in [0.2, 0.25) is 0 Å².